The normalized spacial score (nSPS) is 16.9. The molecule has 0 bridgehead atoms. The highest BCUT2D eigenvalue weighted by molar-refractivity contribution is 6.30. The van der Waals surface area contributed by atoms with Gasteiger partial charge >= 0.3 is 5.69 Å². The molecule has 2 unspecified atom stereocenters. The van der Waals surface area contributed by atoms with E-state index in [2.05, 4.69) is 10.1 Å². The lowest BCUT2D eigenvalue weighted by molar-refractivity contribution is 0.174. The van der Waals surface area contributed by atoms with Crippen molar-refractivity contribution in [1.29, 1.82) is 0 Å². The molecule has 10 heteroatoms. The molecule has 146 valence electrons. The average Bonchev–Trinajstić information content (AvgIpc) is 3.26. The van der Waals surface area contributed by atoms with E-state index >= 15 is 0 Å². The van der Waals surface area contributed by atoms with Gasteiger partial charge < -0.3 is 14.7 Å². The maximum absolute atomic E-state index is 12.5. The number of aromatic nitrogens is 4. The number of aliphatic hydroxyl groups excluding tert-OH is 2. The molecule has 2 atom stereocenters. The zero-order valence-electron chi connectivity index (χ0n) is 14.7. The molecule has 0 aliphatic carbocycles. The van der Waals surface area contributed by atoms with E-state index in [0.29, 0.717) is 29.2 Å². The summed E-state index contributed by atoms with van der Waals surface area (Å²) in [7, 11) is 0. The molecule has 0 fully saturated rings. The van der Waals surface area contributed by atoms with Crippen LogP contribution in [0.5, 0.6) is 0 Å². The Balaban J connectivity index is 1.52. The second-order valence-electron chi connectivity index (χ2n) is 6.61. The second kappa shape index (κ2) is 7.34. The van der Waals surface area contributed by atoms with Gasteiger partial charge in [-0.25, -0.2) is 4.79 Å². The van der Waals surface area contributed by atoms with Gasteiger partial charge in [0.2, 0.25) is 5.89 Å². The van der Waals surface area contributed by atoms with E-state index in [1.807, 2.05) is 0 Å². The maximum atomic E-state index is 12.5. The van der Waals surface area contributed by atoms with E-state index in [-0.39, 0.29) is 24.7 Å². The maximum Gasteiger partial charge on any atom is 0.331 e. The zero-order valence-corrected chi connectivity index (χ0v) is 15.4. The quantitative estimate of drug-likeness (QED) is 0.644. The predicted octanol–water partition coefficient (Wildman–Crippen LogP) is 0.808. The van der Waals surface area contributed by atoms with Gasteiger partial charge in [-0.15, -0.1) is 0 Å². The molecule has 0 spiro atoms. The standard InChI is InChI=1S/C18H17ClN4O5/c19-11-3-1-10(2-4-11)14(25)8-15-20-16(28-21-15)9-23-17(26)7-12-13(24)5-6-22(12)18(23)27/h1-4,7,13-14,24-25H,5-6,8-9H2. The molecule has 0 radical (unpaired) electrons. The first-order chi connectivity index (χ1) is 13.4. The topological polar surface area (TPSA) is 123 Å². The number of hydrogen-bond donors (Lipinski definition) is 2. The highest BCUT2D eigenvalue weighted by atomic mass is 35.5. The van der Waals surface area contributed by atoms with E-state index in [4.69, 9.17) is 16.1 Å². The molecule has 0 amide bonds. The Morgan fingerprint density at radius 1 is 1.29 bits per heavy atom. The Morgan fingerprint density at radius 2 is 2.04 bits per heavy atom. The summed E-state index contributed by atoms with van der Waals surface area (Å²) in [6, 6.07) is 8.00. The molecular weight excluding hydrogens is 388 g/mol. The van der Waals surface area contributed by atoms with Crippen molar-refractivity contribution in [1.82, 2.24) is 19.3 Å². The molecule has 28 heavy (non-hydrogen) atoms. The number of halogens is 1. The Labute approximate surface area is 163 Å². The smallest absolute Gasteiger partial charge is 0.331 e. The van der Waals surface area contributed by atoms with Gasteiger partial charge in [0.15, 0.2) is 5.82 Å². The summed E-state index contributed by atoms with van der Waals surface area (Å²) in [6.07, 6.45) is -1.15. The van der Waals surface area contributed by atoms with Crippen LogP contribution in [0, 0.1) is 0 Å². The molecule has 1 aliphatic heterocycles. The van der Waals surface area contributed by atoms with Crippen molar-refractivity contribution in [3.05, 3.63) is 79.2 Å². The Morgan fingerprint density at radius 3 is 2.79 bits per heavy atom. The molecule has 3 heterocycles. The summed E-state index contributed by atoms with van der Waals surface area (Å²) in [5.41, 5.74) is -0.0934. The van der Waals surface area contributed by atoms with Crippen molar-refractivity contribution in [2.45, 2.75) is 38.1 Å². The summed E-state index contributed by atoms with van der Waals surface area (Å²) in [5.74, 6) is 0.332. The van der Waals surface area contributed by atoms with Gasteiger partial charge in [0.05, 0.1) is 17.9 Å². The molecule has 0 saturated heterocycles. The van der Waals surface area contributed by atoms with E-state index in [1.54, 1.807) is 24.3 Å². The first-order valence-electron chi connectivity index (χ1n) is 8.70. The Kier molecular flexibility index (Phi) is 4.88. The van der Waals surface area contributed by atoms with Crippen molar-refractivity contribution in [2.24, 2.45) is 0 Å². The third kappa shape index (κ3) is 3.51. The minimum atomic E-state index is -0.849. The monoisotopic (exact) mass is 404 g/mol. The minimum absolute atomic E-state index is 0.0802. The second-order valence-corrected chi connectivity index (χ2v) is 7.04. The fraction of sp³-hybridized carbons (Fsp3) is 0.333. The zero-order chi connectivity index (χ0) is 19.8. The highest BCUT2D eigenvalue weighted by Gasteiger charge is 2.24. The van der Waals surface area contributed by atoms with Gasteiger partial charge in [-0.2, -0.15) is 4.98 Å². The average molecular weight is 405 g/mol. The molecule has 2 aromatic heterocycles. The van der Waals surface area contributed by atoms with E-state index in [1.165, 1.54) is 10.6 Å². The van der Waals surface area contributed by atoms with Gasteiger partial charge in [-0.05, 0) is 24.1 Å². The summed E-state index contributed by atoms with van der Waals surface area (Å²) < 4.78 is 7.47. The van der Waals surface area contributed by atoms with Crippen molar-refractivity contribution in [3.8, 4) is 0 Å². The SMILES string of the molecule is O=c1cc2n(c(=O)n1Cc1nc(CC(O)c3ccc(Cl)cc3)no1)CCC2O. The van der Waals surface area contributed by atoms with Crippen LogP contribution in [0.15, 0.2) is 44.4 Å². The van der Waals surface area contributed by atoms with Crippen molar-refractivity contribution < 1.29 is 14.7 Å². The van der Waals surface area contributed by atoms with Gasteiger partial charge in [0, 0.05) is 24.1 Å². The van der Waals surface area contributed by atoms with Gasteiger partial charge in [-0.1, -0.05) is 28.9 Å². The fourth-order valence-electron chi connectivity index (χ4n) is 3.23. The van der Waals surface area contributed by atoms with E-state index in [0.717, 1.165) is 4.57 Å². The first kappa shape index (κ1) is 18.6. The minimum Gasteiger partial charge on any atom is -0.388 e. The molecule has 2 N–H and O–H groups in total. The molecule has 0 saturated carbocycles. The van der Waals surface area contributed by atoms with Crippen molar-refractivity contribution in [3.63, 3.8) is 0 Å². The van der Waals surface area contributed by atoms with Crippen LogP contribution in [-0.2, 0) is 19.5 Å². The van der Waals surface area contributed by atoms with Crippen LogP contribution in [0.2, 0.25) is 5.02 Å². The number of hydrogen-bond acceptors (Lipinski definition) is 7. The molecule has 1 aromatic carbocycles. The number of rotatable bonds is 5. The summed E-state index contributed by atoms with van der Waals surface area (Å²) in [5, 5.41) is 24.5. The summed E-state index contributed by atoms with van der Waals surface area (Å²) in [4.78, 5) is 28.9. The third-order valence-electron chi connectivity index (χ3n) is 4.71. The van der Waals surface area contributed by atoms with E-state index in [9.17, 15) is 19.8 Å². The first-order valence-corrected chi connectivity index (χ1v) is 9.08. The fourth-order valence-corrected chi connectivity index (χ4v) is 3.35. The van der Waals surface area contributed by atoms with Gasteiger partial charge in [-0.3, -0.25) is 13.9 Å². The van der Waals surface area contributed by atoms with Crippen LogP contribution >= 0.6 is 11.6 Å². The van der Waals surface area contributed by atoms with Crippen LogP contribution in [0.25, 0.3) is 0 Å². The van der Waals surface area contributed by atoms with E-state index < -0.39 is 23.5 Å². The molecule has 4 rings (SSSR count). The largest absolute Gasteiger partial charge is 0.388 e. The summed E-state index contributed by atoms with van der Waals surface area (Å²) in [6.45, 7) is 0.163. The number of nitrogens with zero attached hydrogens (tertiary/aromatic N) is 4. The van der Waals surface area contributed by atoms with Crippen LogP contribution in [0.1, 0.15) is 41.6 Å². The Bertz CT molecular complexity index is 1120. The van der Waals surface area contributed by atoms with Gasteiger partial charge in [0.1, 0.15) is 6.54 Å². The predicted molar refractivity (Wildman–Crippen MR) is 98.1 cm³/mol. The molecule has 3 aromatic rings. The van der Waals surface area contributed by atoms with Crippen molar-refractivity contribution in [2.75, 3.05) is 0 Å². The van der Waals surface area contributed by atoms with Crippen molar-refractivity contribution >= 4 is 11.6 Å². The molecule has 1 aliphatic rings. The van der Waals surface area contributed by atoms with Crippen LogP contribution in [0.4, 0.5) is 0 Å². The van der Waals surface area contributed by atoms with Crippen LogP contribution in [-0.4, -0.2) is 29.5 Å². The molecule has 9 nitrogen and oxygen atoms in total. The van der Waals surface area contributed by atoms with Crippen LogP contribution in [0.3, 0.4) is 0 Å². The molecular formula is C18H17ClN4O5. The lowest BCUT2D eigenvalue weighted by Crippen LogP contribution is -2.40. The van der Waals surface area contributed by atoms with Gasteiger partial charge in [0.25, 0.3) is 5.56 Å². The third-order valence-corrected chi connectivity index (χ3v) is 4.96. The summed E-state index contributed by atoms with van der Waals surface area (Å²) >= 11 is 5.84. The highest BCUT2D eigenvalue weighted by Crippen LogP contribution is 2.22. The lowest BCUT2D eigenvalue weighted by Gasteiger charge is -2.08. The Hall–Kier alpha value is -2.75. The van der Waals surface area contributed by atoms with Crippen LogP contribution < -0.4 is 11.2 Å². The number of fused-ring (bicyclic) bond motifs is 1. The number of aliphatic hydroxyl groups is 2. The lowest BCUT2D eigenvalue weighted by atomic mass is 10.1. The number of benzene rings is 1.